The smallest absolute Gasteiger partial charge is 0.301 e. The van der Waals surface area contributed by atoms with Gasteiger partial charge in [-0.1, -0.05) is 30.3 Å². The second-order valence-corrected chi connectivity index (χ2v) is 7.25. The Kier molecular flexibility index (Phi) is 5.37. The minimum atomic E-state index is -0.326. The number of piperidine rings is 1. The fraction of sp³-hybridized carbons (Fsp3) is 0.273. The van der Waals surface area contributed by atoms with Crippen molar-refractivity contribution in [2.45, 2.75) is 25.3 Å². The van der Waals surface area contributed by atoms with Gasteiger partial charge in [-0.3, -0.25) is 19.9 Å². The van der Waals surface area contributed by atoms with Crippen LogP contribution < -0.4 is 10.2 Å². The Balaban J connectivity index is 1.43. The lowest BCUT2D eigenvalue weighted by atomic mass is 10.0. The van der Waals surface area contributed by atoms with E-state index in [9.17, 15) is 14.9 Å². The molecule has 148 valence electrons. The number of nitrogens with one attached hydrogen (secondary N) is 1. The second kappa shape index (κ2) is 8.26. The Bertz CT molecular complexity index is 1030. The Morgan fingerprint density at radius 2 is 1.86 bits per heavy atom. The maximum Gasteiger partial charge on any atom is 0.301 e. The fourth-order valence-electron chi connectivity index (χ4n) is 3.90. The SMILES string of the molecule is O=C(Cc1ccccc1)NC1CCN(c2ccc3ncccc3c2[N+](=O)[O-])CC1. The third-order valence-corrected chi connectivity index (χ3v) is 5.33. The monoisotopic (exact) mass is 390 g/mol. The average Bonchev–Trinajstić information content (AvgIpc) is 2.74. The summed E-state index contributed by atoms with van der Waals surface area (Å²) in [6, 6.07) is 16.8. The van der Waals surface area contributed by atoms with E-state index in [1.165, 1.54) is 0 Å². The first-order chi connectivity index (χ1) is 14.1. The standard InChI is InChI=1S/C22H22N4O3/c27-21(15-16-5-2-1-3-6-16)24-17-10-13-25(14-11-17)20-9-8-19-18(7-4-12-23-19)22(20)26(28)29/h1-9,12,17H,10-11,13-15H2,(H,24,27). The van der Waals surface area contributed by atoms with Crippen LogP contribution in [0.3, 0.4) is 0 Å². The summed E-state index contributed by atoms with van der Waals surface area (Å²) in [5, 5.41) is 15.4. The van der Waals surface area contributed by atoms with Crippen molar-refractivity contribution in [2.75, 3.05) is 18.0 Å². The minimum absolute atomic E-state index is 0.0115. The van der Waals surface area contributed by atoms with Crippen molar-refractivity contribution in [3.05, 3.63) is 76.5 Å². The molecule has 3 aromatic rings. The molecule has 7 nitrogen and oxygen atoms in total. The Hall–Kier alpha value is -3.48. The van der Waals surface area contributed by atoms with Gasteiger partial charge in [0.15, 0.2) is 0 Å². The van der Waals surface area contributed by atoms with Crippen LogP contribution >= 0.6 is 0 Å². The highest BCUT2D eigenvalue weighted by atomic mass is 16.6. The van der Waals surface area contributed by atoms with Gasteiger partial charge in [0.2, 0.25) is 5.91 Å². The molecule has 1 N–H and O–H groups in total. The number of fused-ring (bicyclic) bond motifs is 1. The molecule has 0 atom stereocenters. The first-order valence-electron chi connectivity index (χ1n) is 9.72. The number of rotatable bonds is 5. The van der Waals surface area contributed by atoms with Crippen molar-refractivity contribution in [1.29, 1.82) is 0 Å². The van der Waals surface area contributed by atoms with Crippen LogP contribution in [0, 0.1) is 10.1 Å². The topological polar surface area (TPSA) is 88.4 Å². The highest BCUT2D eigenvalue weighted by molar-refractivity contribution is 5.94. The molecule has 0 spiro atoms. The number of hydrogen-bond acceptors (Lipinski definition) is 5. The molecule has 1 aliphatic rings. The van der Waals surface area contributed by atoms with E-state index in [0.717, 1.165) is 18.4 Å². The Morgan fingerprint density at radius 1 is 1.10 bits per heavy atom. The van der Waals surface area contributed by atoms with Crippen LogP contribution in [0.25, 0.3) is 10.9 Å². The fourth-order valence-corrected chi connectivity index (χ4v) is 3.90. The predicted octanol–water partition coefficient (Wildman–Crippen LogP) is 3.47. The number of pyridine rings is 1. The molecule has 0 radical (unpaired) electrons. The van der Waals surface area contributed by atoms with E-state index < -0.39 is 0 Å². The molecule has 1 aromatic heterocycles. The third-order valence-electron chi connectivity index (χ3n) is 5.33. The molecular weight excluding hydrogens is 368 g/mol. The van der Waals surface area contributed by atoms with Crippen LogP contribution in [-0.4, -0.2) is 34.9 Å². The first kappa shape index (κ1) is 18.9. The van der Waals surface area contributed by atoms with E-state index in [-0.39, 0.29) is 22.6 Å². The van der Waals surface area contributed by atoms with Crippen LogP contribution in [0.15, 0.2) is 60.8 Å². The normalized spacial score (nSPS) is 14.7. The number of nitro benzene ring substituents is 1. The summed E-state index contributed by atoms with van der Waals surface area (Å²) in [7, 11) is 0. The summed E-state index contributed by atoms with van der Waals surface area (Å²) in [6.07, 6.45) is 3.51. The van der Waals surface area contributed by atoms with Gasteiger partial charge >= 0.3 is 5.69 Å². The Labute approximate surface area is 168 Å². The van der Waals surface area contributed by atoms with Crippen molar-refractivity contribution < 1.29 is 9.72 Å². The molecule has 1 amide bonds. The summed E-state index contributed by atoms with van der Waals surface area (Å²) in [5.41, 5.74) is 2.32. The van der Waals surface area contributed by atoms with Crippen molar-refractivity contribution in [3.63, 3.8) is 0 Å². The van der Waals surface area contributed by atoms with Gasteiger partial charge in [0.1, 0.15) is 5.69 Å². The minimum Gasteiger partial charge on any atom is -0.366 e. The van der Waals surface area contributed by atoms with Crippen molar-refractivity contribution in [2.24, 2.45) is 0 Å². The molecular formula is C22H22N4O3. The molecule has 0 bridgehead atoms. The van der Waals surface area contributed by atoms with Gasteiger partial charge in [0.05, 0.1) is 22.2 Å². The number of hydrogen-bond donors (Lipinski definition) is 1. The van der Waals surface area contributed by atoms with Gasteiger partial charge in [0.25, 0.3) is 0 Å². The molecule has 1 fully saturated rings. The van der Waals surface area contributed by atoms with Gasteiger partial charge in [-0.05, 0) is 42.7 Å². The largest absolute Gasteiger partial charge is 0.366 e. The number of benzene rings is 2. The van der Waals surface area contributed by atoms with E-state index in [1.54, 1.807) is 24.4 Å². The summed E-state index contributed by atoms with van der Waals surface area (Å²) in [4.78, 5) is 30.0. The lowest BCUT2D eigenvalue weighted by molar-refractivity contribution is -0.382. The first-order valence-corrected chi connectivity index (χ1v) is 9.72. The van der Waals surface area contributed by atoms with Crippen molar-refractivity contribution >= 4 is 28.2 Å². The van der Waals surface area contributed by atoms with Crippen LogP contribution in [0.5, 0.6) is 0 Å². The molecule has 0 aliphatic carbocycles. The molecule has 0 saturated carbocycles. The molecule has 2 heterocycles. The summed E-state index contributed by atoms with van der Waals surface area (Å²) in [5.74, 6) is 0.0115. The van der Waals surface area contributed by atoms with Gasteiger partial charge in [-0.2, -0.15) is 0 Å². The van der Waals surface area contributed by atoms with E-state index in [1.807, 2.05) is 41.3 Å². The summed E-state index contributed by atoms with van der Waals surface area (Å²) in [6.45, 7) is 1.31. The molecule has 7 heteroatoms. The zero-order valence-corrected chi connectivity index (χ0v) is 16.0. The number of nitrogens with zero attached hydrogens (tertiary/aromatic N) is 3. The van der Waals surface area contributed by atoms with Crippen molar-refractivity contribution in [3.8, 4) is 0 Å². The molecule has 1 saturated heterocycles. The van der Waals surface area contributed by atoms with Gasteiger partial charge in [-0.15, -0.1) is 0 Å². The third kappa shape index (κ3) is 4.18. The predicted molar refractivity (Wildman–Crippen MR) is 112 cm³/mol. The average molecular weight is 390 g/mol. The maximum absolute atomic E-state index is 12.3. The molecule has 29 heavy (non-hydrogen) atoms. The van der Waals surface area contributed by atoms with E-state index in [2.05, 4.69) is 10.3 Å². The molecule has 2 aromatic carbocycles. The van der Waals surface area contributed by atoms with Gasteiger partial charge < -0.3 is 10.2 Å². The molecule has 0 unspecified atom stereocenters. The van der Waals surface area contributed by atoms with E-state index >= 15 is 0 Å². The Morgan fingerprint density at radius 3 is 2.59 bits per heavy atom. The summed E-state index contributed by atoms with van der Waals surface area (Å²) < 4.78 is 0. The van der Waals surface area contributed by atoms with Crippen molar-refractivity contribution in [1.82, 2.24) is 10.3 Å². The molecule has 1 aliphatic heterocycles. The van der Waals surface area contributed by atoms with E-state index in [0.29, 0.717) is 36.1 Å². The van der Waals surface area contributed by atoms with Gasteiger partial charge in [0, 0.05) is 25.3 Å². The zero-order valence-electron chi connectivity index (χ0n) is 16.0. The van der Waals surface area contributed by atoms with Crippen LogP contribution in [0.4, 0.5) is 11.4 Å². The number of carbonyl (C=O) groups is 1. The highest BCUT2D eigenvalue weighted by Gasteiger charge is 2.27. The number of anilines is 1. The number of amides is 1. The maximum atomic E-state index is 12.3. The molecule has 4 rings (SSSR count). The number of carbonyl (C=O) groups excluding carboxylic acids is 1. The highest BCUT2D eigenvalue weighted by Crippen LogP contribution is 2.36. The summed E-state index contributed by atoms with van der Waals surface area (Å²) >= 11 is 0. The van der Waals surface area contributed by atoms with Crippen LogP contribution in [-0.2, 0) is 11.2 Å². The zero-order chi connectivity index (χ0) is 20.2. The van der Waals surface area contributed by atoms with E-state index in [4.69, 9.17) is 0 Å². The van der Waals surface area contributed by atoms with Crippen LogP contribution in [0.1, 0.15) is 18.4 Å². The number of aromatic nitrogens is 1. The second-order valence-electron chi connectivity index (χ2n) is 7.25. The number of nitro groups is 1. The lowest BCUT2D eigenvalue weighted by Gasteiger charge is -2.33. The van der Waals surface area contributed by atoms with Crippen LogP contribution in [0.2, 0.25) is 0 Å². The van der Waals surface area contributed by atoms with Gasteiger partial charge in [-0.25, -0.2) is 0 Å². The quantitative estimate of drug-likeness (QED) is 0.532. The lowest BCUT2D eigenvalue weighted by Crippen LogP contribution is -2.45.